The molecule has 8 heteroatoms. The summed E-state index contributed by atoms with van der Waals surface area (Å²) >= 11 is 7.66. The van der Waals surface area contributed by atoms with Crippen LogP contribution in [0.1, 0.15) is 11.1 Å². The molecule has 0 radical (unpaired) electrons. The zero-order chi connectivity index (χ0) is 18.8. The molecule has 0 aliphatic heterocycles. The number of benzene rings is 1. The first-order valence-electron chi connectivity index (χ1n) is 8.41. The van der Waals surface area contributed by atoms with Crippen molar-refractivity contribution in [2.75, 3.05) is 5.73 Å². The van der Waals surface area contributed by atoms with Crippen molar-refractivity contribution >= 4 is 40.3 Å². The Balaban J connectivity index is 1.73. The average molecular weight is 397 g/mol. The molecular weight excluding hydrogens is 380 g/mol. The van der Waals surface area contributed by atoms with Gasteiger partial charge in [-0.2, -0.15) is 0 Å². The van der Waals surface area contributed by atoms with Crippen molar-refractivity contribution in [1.82, 2.24) is 24.5 Å². The van der Waals surface area contributed by atoms with E-state index >= 15 is 0 Å². The van der Waals surface area contributed by atoms with Gasteiger partial charge in [0.25, 0.3) is 0 Å². The largest absolute Gasteiger partial charge is 0.382 e. The summed E-state index contributed by atoms with van der Waals surface area (Å²) in [5.74, 6) is 0.386. The van der Waals surface area contributed by atoms with Crippen LogP contribution in [0.25, 0.3) is 11.2 Å². The van der Waals surface area contributed by atoms with E-state index in [2.05, 4.69) is 19.5 Å². The lowest BCUT2D eigenvalue weighted by Crippen LogP contribution is -2.04. The van der Waals surface area contributed by atoms with Crippen LogP contribution >= 0.6 is 23.4 Å². The predicted octanol–water partition coefficient (Wildman–Crippen LogP) is 4.16. The van der Waals surface area contributed by atoms with Gasteiger partial charge in [-0.3, -0.25) is 4.98 Å². The highest BCUT2D eigenvalue weighted by Crippen LogP contribution is 2.33. The zero-order valence-electron chi connectivity index (χ0n) is 14.6. The van der Waals surface area contributed by atoms with E-state index in [0.717, 1.165) is 39.3 Å². The Bertz CT molecular complexity index is 1100. The van der Waals surface area contributed by atoms with Crippen molar-refractivity contribution in [3.05, 3.63) is 65.2 Å². The first-order chi connectivity index (χ1) is 13.1. The monoisotopic (exact) mass is 396 g/mol. The van der Waals surface area contributed by atoms with Gasteiger partial charge in [0.2, 0.25) is 0 Å². The highest BCUT2D eigenvalue weighted by Gasteiger charge is 2.16. The van der Waals surface area contributed by atoms with Gasteiger partial charge in [-0.1, -0.05) is 23.4 Å². The van der Waals surface area contributed by atoms with Crippen molar-refractivity contribution in [2.45, 2.75) is 29.9 Å². The van der Waals surface area contributed by atoms with Crippen LogP contribution in [0.15, 0.2) is 59.1 Å². The van der Waals surface area contributed by atoms with Gasteiger partial charge in [0, 0.05) is 28.9 Å². The Morgan fingerprint density at radius 2 is 1.96 bits per heavy atom. The molecule has 4 rings (SSSR count). The minimum atomic E-state index is 0.386. The first kappa shape index (κ1) is 17.8. The van der Waals surface area contributed by atoms with E-state index in [1.165, 1.54) is 11.9 Å². The molecule has 2 N–H and O–H groups in total. The number of rotatable bonds is 5. The molecule has 0 saturated carbocycles. The summed E-state index contributed by atoms with van der Waals surface area (Å²) in [6.45, 7) is 2.76. The second-order valence-electron chi connectivity index (χ2n) is 6.09. The number of fused-ring (bicyclic) bond motifs is 1. The van der Waals surface area contributed by atoms with Crippen molar-refractivity contribution in [3.8, 4) is 0 Å². The summed E-state index contributed by atoms with van der Waals surface area (Å²) < 4.78 is 2.09. The van der Waals surface area contributed by atoms with Crippen molar-refractivity contribution < 1.29 is 0 Å². The van der Waals surface area contributed by atoms with Gasteiger partial charge in [0.1, 0.15) is 6.33 Å². The molecule has 4 aromatic rings. The molecule has 0 aliphatic carbocycles. The molecule has 0 amide bonds. The molecule has 0 fully saturated rings. The molecule has 0 saturated heterocycles. The van der Waals surface area contributed by atoms with Gasteiger partial charge in [-0.15, -0.1) is 0 Å². The molecular formula is C19H17ClN6S. The van der Waals surface area contributed by atoms with Crippen LogP contribution in [0.3, 0.4) is 0 Å². The average Bonchev–Trinajstić information content (AvgIpc) is 3.02. The molecule has 0 unspecified atom stereocenters. The summed E-state index contributed by atoms with van der Waals surface area (Å²) in [5.41, 5.74) is 9.69. The highest BCUT2D eigenvalue weighted by atomic mass is 35.5. The molecule has 0 aliphatic rings. The molecule has 136 valence electrons. The number of nitrogens with zero attached hydrogens (tertiary/aromatic N) is 5. The number of aromatic nitrogens is 5. The maximum absolute atomic E-state index is 6.08. The number of imidazole rings is 1. The fourth-order valence-corrected chi connectivity index (χ4v) is 4.03. The number of aryl methyl sites for hydroxylation is 3. The molecule has 0 spiro atoms. The van der Waals surface area contributed by atoms with Gasteiger partial charge in [-0.05, 0) is 54.8 Å². The standard InChI is InChI=1S/C19H17ClN6S/c1-12-10-14(20)2-3-15(12)27-19-25-16-17(21)23-11-24-18(16)26(19)9-6-13-4-7-22-8-5-13/h2-5,7-8,10-11H,6,9H2,1H3,(H2,21,23,24). The number of halogens is 1. The number of hydrogen-bond donors (Lipinski definition) is 1. The number of nitrogens with two attached hydrogens (primary N) is 1. The third-order valence-corrected chi connectivity index (χ3v) is 5.64. The van der Waals surface area contributed by atoms with E-state index in [1.54, 1.807) is 24.2 Å². The van der Waals surface area contributed by atoms with Crippen LogP contribution in [0.2, 0.25) is 5.02 Å². The van der Waals surface area contributed by atoms with E-state index in [0.29, 0.717) is 11.3 Å². The van der Waals surface area contributed by atoms with Crippen LogP contribution < -0.4 is 5.73 Å². The van der Waals surface area contributed by atoms with Crippen molar-refractivity contribution in [3.63, 3.8) is 0 Å². The number of pyridine rings is 1. The lowest BCUT2D eigenvalue weighted by molar-refractivity contribution is 0.646. The highest BCUT2D eigenvalue weighted by molar-refractivity contribution is 7.99. The fraction of sp³-hybridized carbons (Fsp3) is 0.158. The Kier molecular flexibility index (Phi) is 4.96. The summed E-state index contributed by atoms with van der Waals surface area (Å²) in [4.78, 5) is 18.4. The van der Waals surface area contributed by atoms with Crippen LogP contribution in [-0.2, 0) is 13.0 Å². The minimum Gasteiger partial charge on any atom is -0.382 e. The van der Waals surface area contributed by atoms with Crippen molar-refractivity contribution in [2.24, 2.45) is 0 Å². The fourth-order valence-electron chi connectivity index (χ4n) is 2.83. The molecule has 6 nitrogen and oxygen atoms in total. The Morgan fingerprint density at radius 3 is 2.74 bits per heavy atom. The van der Waals surface area contributed by atoms with Crippen molar-refractivity contribution in [1.29, 1.82) is 0 Å². The number of nitrogen functional groups attached to an aromatic ring is 1. The second kappa shape index (κ2) is 7.54. The lowest BCUT2D eigenvalue weighted by atomic mass is 10.2. The second-order valence-corrected chi connectivity index (χ2v) is 7.54. The van der Waals surface area contributed by atoms with E-state index in [1.807, 2.05) is 37.3 Å². The molecule has 3 aromatic heterocycles. The normalized spacial score (nSPS) is 11.2. The first-order valence-corrected chi connectivity index (χ1v) is 9.61. The van der Waals surface area contributed by atoms with E-state index < -0.39 is 0 Å². The van der Waals surface area contributed by atoms with Gasteiger partial charge in [0.15, 0.2) is 22.1 Å². The Hall–Kier alpha value is -2.64. The third kappa shape index (κ3) is 3.74. The molecule has 27 heavy (non-hydrogen) atoms. The summed E-state index contributed by atoms with van der Waals surface area (Å²) in [7, 11) is 0. The summed E-state index contributed by atoms with van der Waals surface area (Å²) in [5, 5.41) is 1.55. The lowest BCUT2D eigenvalue weighted by Gasteiger charge is -2.10. The zero-order valence-corrected chi connectivity index (χ0v) is 16.2. The van der Waals surface area contributed by atoms with Gasteiger partial charge >= 0.3 is 0 Å². The summed E-state index contributed by atoms with van der Waals surface area (Å²) in [6, 6.07) is 9.86. The van der Waals surface area contributed by atoms with Gasteiger partial charge in [-0.25, -0.2) is 15.0 Å². The van der Waals surface area contributed by atoms with Gasteiger partial charge in [0.05, 0.1) is 0 Å². The Morgan fingerprint density at radius 1 is 1.15 bits per heavy atom. The topological polar surface area (TPSA) is 82.5 Å². The molecule has 3 heterocycles. The quantitative estimate of drug-likeness (QED) is 0.545. The van der Waals surface area contributed by atoms with E-state index in [4.69, 9.17) is 22.3 Å². The third-order valence-electron chi connectivity index (χ3n) is 4.24. The molecule has 0 bridgehead atoms. The van der Waals surface area contributed by atoms with Crippen LogP contribution in [0, 0.1) is 6.92 Å². The van der Waals surface area contributed by atoms with E-state index in [9.17, 15) is 0 Å². The van der Waals surface area contributed by atoms with Crippen LogP contribution in [-0.4, -0.2) is 24.5 Å². The van der Waals surface area contributed by atoms with Gasteiger partial charge < -0.3 is 10.3 Å². The van der Waals surface area contributed by atoms with Crippen LogP contribution in [0.5, 0.6) is 0 Å². The minimum absolute atomic E-state index is 0.386. The molecule has 0 atom stereocenters. The maximum atomic E-state index is 6.08. The van der Waals surface area contributed by atoms with E-state index in [-0.39, 0.29) is 0 Å². The predicted molar refractivity (Wildman–Crippen MR) is 108 cm³/mol. The summed E-state index contributed by atoms with van der Waals surface area (Å²) in [6.07, 6.45) is 5.91. The maximum Gasteiger partial charge on any atom is 0.175 e. The number of anilines is 1. The Labute approximate surface area is 165 Å². The smallest absolute Gasteiger partial charge is 0.175 e. The SMILES string of the molecule is Cc1cc(Cl)ccc1Sc1nc2c(N)ncnc2n1CCc1ccncc1. The number of hydrogen-bond acceptors (Lipinski definition) is 6. The van der Waals surface area contributed by atoms with Crippen LogP contribution in [0.4, 0.5) is 5.82 Å². The molecule has 1 aromatic carbocycles.